The van der Waals surface area contributed by atoms with Crippen molar-refractivity contribution >= 4 is 23.2 Å². The van der Waals surface area contributed by atoms with Gasteiger partial charge in [0.2, 0.25) is 11.8 Å². The highest BCUT2D eigenvalue weighted by molar-refractivity contribution is 6.14. The molecule has 5 heteroatoms. The number of nitriles is 1. The predicted octanol–water partition coefficient (Wildman–Crippen LogP) is 3.16. The molecule has 5 nitrogen and oxygen atoms in total. The summed E-state index contributed by atoms with van der Waals surface area (Å²) in [6.07, 6.45) is 0. The van der Waals surface area contributed by atoms with Crippen LogP contribution < -0.4 is 10.6 Å². The van der Waals surface area contributed by atoms with Crippen molar-refractivity contribution in [3.8, 4) is 6.07 Å². The van der Waals surface area contributed by atoms with E-state index >= 15 is 0 Å². The van der Waals surface area contributed by atoms with Gasteiger partial charge in [-0.1, -0.05) is 30.3 Å². The van der Waals surface area contributed by atoms with Gasteiger partial charge in [0.1, 0.15) is 11.5 Å². The number of anilines is 2. The molecule has 0 aliphatic heterocycles. The second-order valence-corrected chi connectivity index (χ2v) is 5.56. The van der Waals surface area contributed by atoms with E-state index in [0.717, 1.165) is 0 Å². The minimum absolute atomic E-state index is 0.347. The summed E-state index contributed by atoms with van der Waals surface area (Å²) in [5.74, 6) is -0.899. The van der Waals surface area contributed by atoms with E-state index in [9.17, 15) is 9.59 Å². The zero-order chi connectivity index (χ0) is 16.9. The maximum Gasteiger partial charge on any atom is 0.239 e. The number of rotatable bonds is 4. The summed E-state index contributed by atoms with van der Waals surface area (Å²) < 4.78 is 0. The third-order valence-electron chi connectivity index (χ3n) is 3.46. The van der Waals surface area contributed by atoms with Gasteiger partial charge in [0.05, 0.1) is 11.3 Å². The van der Waals surface area contributed by atoms with Crippen LogP contribution in [0.5, 0.6) is 0 Å². The van der Waals surface area contributed by atoms with E-state index in [1.165, 1.54) is 13.8 Å². The Morgan fingerprint density at radius 1 is 0.913 bits per heavy atom. The van der Waals surface area contributed by atoms with Gasteiger partial charge in [0.25, 0.3) is 0 Å². The molecule has 0 bridgehead atoms. The van der Waals surface area contributed by atoms with Crippen LogP contribution in [0, 0.1) is 16.7 Å². The molecule has 0 aliphatic carbocycles. The van der Waals surface area contributed by atoms with E-state index in [2.05, 4.69) is 10.6 Å². The molecule has 2 aromatic carbocycles. The quantitative estimate of drug-likeness (QED) is 0.851. The molecular weight excluding hydrogens is 290 g/mol. The molecule has 116 valence electrons. The average Bonchev–Trinajstić information content (AvgIpc) is 2.56. The van der Waals surface area contributed by atoms with E-state index in [0.29, 0.717) is 16.9 Å². The minimum Gasteiger partial charge on any atom is -0.325 e. The Balaban J connectivity index is 2.13. The number of carbonyl (C=O) groups excluding carboxylic acids is 2. The summed E-state index contributed by atoms with van der Waals surface area (Å²) in [7, 11) is 0. The number of benzene rings is 2. The smallest absolute Gasteiger partial charge is 0.239 e. The maximum atomic E-state index is 12.5. The zero-order valence-electron chi connectivity index (χ0n) is 13.0. The molecule has 0 saturated carbocycles. The van der Waals surface area contributed by atoms with Gasteiger partial charge in [0, 0.05) is 5.69 Å². The topological polar surface area (TPSA) is 82.0 Å². The van der Waals surface area contributed by atoms with Gasteiger partial charge >= 0.3 is 0 Å². The highest BCUT2D eigenvalue weighted by atomic mass is 16.2. The molecule has 0 spiro atoms. The number of para-hydroxylation sites is 2. The second-order valence-electron chi connectivity index (χ2n) is 5.56. The van der Waals surface area contributed by atoms with Crippen molar-refractivity contribution in [3.05, 3.63) is 60.2 Å². The van der Waals surface area contributed by atoms with Crippen LogP contribution in [0.25, 0.3) is 0 Å². The second kappa shape index (κ2) is 6.75. The zero-order valence-corrected chi connectivity index (χ0v) is 13.0. The van der Waals surface area contributed by atoms with Gasteiger partial charge in [-0.15, -0.1) is 0 Å². The molecule has 0 radical (unpaired) electrons. The highest BCUT2D eigenvalue weighted by Crippen LogP contribution is 2.23. The van der Waals surface area contributed by atoms with Crippen molar-refractivity contribution in [1.82, 2.24) is 0 Å². The van der Waals surface area contributed by atoms with E-state index in [4.69, 9.17) is 5.26 Å². The molecule has 0 atom stereocenters. The third-order valence-corrected chi connectivity index (χ3v) is 3.46. The summed E-state index contributed by atoms with van der Waals surface area (Å²) in [6.45, 7) is 3.07. The lowest BCUT2D eigenvalue weighted by Gasteiger charge is -2.23. The van der Waals surface area contributed by atoms with Crippen LogP contribution in [0.2, 0.25) is 0 Å². The molecule has 0 aromatic heterocycles. The molecule has 0 unspecified atom stereocenters. The molecule has 0 aliphatic rings. The Hall–Kier alpha value is -3.13. The first-order chi connectivity index (χ1) is 10.9. The highest BCUT2D eigenvalue weighted by Gasteiger charge is 2.36. The fourth-order valence-electron chi connectivity index (χ4n) is 1.88. The standard InChI is InChI=1S/C18H17N3O2/c1-18(2,16(22)20-14-9-4-3-5-10-14)17(23)21-15-11-7-6-8-13(15)12-19/h3-11H,1-2H3,(H,20,22)(H,21,23). The molecule has 0 saturated heterocycles. The van der Waals surface area contributed by atoms with E-state index < -0.39 is 17.2 Å². The molecule has 0 fully saturated rings. The van der Waals surface area contributed by atoms with Gasteiger partial charge < -0.3 is 10.6 Å². The summed E-state index contributed by atoms with van der Waals surface area (Å²) >= 11 is 0. The Kier molecular flexibility index (Phi) is 4.77. The molecule has 2 rings (SSSR count). The SMILES string of the molecule is CC(C)(C(=O)Nc1ccccc1)C(=O)Nc1ccccc1C#N. The van der Waals surface area contributed by atoms with Crippen LogP contribution in [0.3, 0.4) is 0 Å². The van der Waals surface area contributed by atoms with Crippen molar-refractivity contribution < 1.29 is 9.59 Å². The Morgan fingerprint density at radius 2 is 1.48 bits per heavy atom. The first kappa shape index (κ1) is 16.2. The van der Waals surface area contributed by atoms with Crippen LogP contribution in [0.4, 0.5) is 11.4 Å². The number of hydrogen-bond acceptors (Lipinski definition) is 3. The van der Waals surface area contributed by atoms with E-state index in [-0.39, 0.29) is 0 Å². The number of hydrogen-bond donors (Lipinski definition) is 2. The van der Waals surface area contributed by atoms with Crippen molar-refractivity contribution in [3.63, 3.8) is 0 Å². The molecule has 0 heterocycles. The van der Waals surface area contributed by atoms with Crippen LogP contribution in [0.15, 0.2) is 54.6 Å². The summed E-state index contributed by atoms with van der Waals surface area (Å²) in [4.78, 5) is 24.8. The van der Waals surface area contributed by atoms with E-state index in [1.54, 1.807) is 48.5 Å². The average molecular weight is 307 g/mol. The van der Waals surface area contributed by atoms with Crippen LogP contribution >= 0.6 is 0 Å². The van der Waals surface area contributed by atoms with Crippen molar-refractivity contribution in [2.24, 2.45) is 5.41 Å². The number of nitrogens with zero attached hydrogens (tertiary/aromatic N) is 1. The molecule has 2 aromatic rings. The first-order valence-corrected chi connectivity index (χ1v) is 7.12. The van der Waals surface area contributed by atoms with Gasteiger partial charge in [-0.05, 0) is 38.1 Å². The lowest BCUT2D eigenvalue weighted by Crippen LogP contribution is -2.41. The van der Waals surface area contributed by atoms with Crippen LogP contribution in [-0.4, -0.2) is 11.8 Å². The summed E-state index contributed by atoms with van der Waals surface area (Å²) in [5, 5.41) is 14.4. The van der Waals surface area contributed by atoms with Gasteiger partial charge in [-0.2, -0.15) is 5.26 Å². The van der Waals surface area contributed by atoms with Crippen LogP contribution in [-0.2, 0) is 9.59 Å². The number of amides is 2. The Labute approximate surface area is 134 Å². The molecule has 2 amide bonds. The molecule has 23 heavy (non-hydrogen) atoms. The van der Waals surface area contributed by atoms with Crippen molar-refractivity contribution in [1.29, 1.82) is 5.26 Å². The lowest BCUT2D eigenvalue weighted by atomic mass is 9.90. The van der Waals surface area contributed by atoms with E-state index in [1.807, 2.05) is 12.1 Å². The van der Waals surface area contributed by atoms with Gasteiger partial charge in [-0.3, -0.25) is 9.59 Å². The maximum absolute atomic E-state index is 12.5. The number of nitrogens with one attached hydrogen (secondary N) is 2. The van der Waals surface area contributed by atoms with Crippen LogP contribution in [0.1, 0.15) is 19.4 Å². The number of carbonyl (C=O) groups is 2. The fourth-order valence-corrected chi connectivity index (χ4v) is 1.88. The monoisotopic (exact) mass is 307 g/mol. The summed E-state index contributed by atoms with van der Waals surface area (Å²) in [6, 6.07) is 17.6. The third kappa shape index (κ3) is 3.74. The summed E-state index contributed by atoms with van der Waals surface area (Å²) in [5.41, 5.74) is 0.0646. The fraction of sp³-hybridized carbons (Fsp3) is 0.167. The Morgan fingerprint density at radius 3 is 2.13 bits per heavy atom. The predicted molar refractivity (Wildman–Crippen MR) is 88.6 cm³/mol. The molecular formula is C18H17N3O2. The van der Waals surface area contributed by atoms with Gasteiger partial charge in [0.15, 0.2) is 0 Å². The largest absolute Gasteiger partial charge is 0.325 e. The molecule has 2 N–H and O–H groups in total. The first-order valence-electron chi connectivity index (χ1n) is 7.12. The normalized spacial score (nSPS) is 10.5. The lowest BCUT2D eigenvalue weighted by molar-refractivity contribution is -0.135. The van der Waals surface area contributed by atoms with Crippen molar-refractivity contribution in [2.45, 2.75) is 13.8 Å². The van der Waals surface area contributed by atoms with Gasteiger partial charge in [-0.25, -0.2) is 0 Å². The Bertz CT molecular complexity index is 761. The minimum atomic E-state index is -1.29. The van der Waals surface area contributed by atoms with Crippen molar-refractivity contribution in [2.75, 3.05) is 10.6 Å².